The third-order valence-electron chi connectivity index (χ3n) is 5.06. The maximum absolute atomic E-state index is 13.0. The average molecular weight is 390 g/mol. The summed E-state index contributed by atoms with van der Waals surface area (Å²) < 4.78 is 25.7. The lowest BCUT2D eigenvalue weighted by molar-refractivity contribution is -0.688. The van der Waals surface area contributed by atoms with Gasteiger partial charge in [0.1, 0.15) is 5.82 Å². The zero-order valence-corrected chi connectivity index (χ0v) is 16.3. The number of pyridine rings is 1. The topological polar surface area (TPSA) is 39.4 Å². The van der Waals surface area contributed by atoms with E-state index < -0.39 is 0 Å². The van der Waals surface area contributed by atoms with Crippen molar-refractivity contribution >= 4 is 11.9 Å². The van der Waals surface area contributed by atoms with Gasteiger partial charge in [-0.2, -0.15) is 0 Å². The van der Waals surface area contributed by atoms with Gasteiger partial charge < -0.3 is 9.47 Å². The van der Waals surface area contributed by atoms with Gasteiger partial charge >= 0.3 is 0 Å². The predicted molar refractivity (Wildman–Crippen MR) is 108 cm³/mol. The summed E-state index contributed by atoms with van der Waals surface area (Å²) in [6.45, 7) is 0.654. The van der Waals surface area contributed by atoms with Crippen molar-refractivity contribution in [3.05, 3.63) is 94.6 Å². The molecule has 4 nitrogen and oxygen atoms in total. The summed E-state index contributed by atoms with van der Waals surface area (Å²) in [7, 11) is 3.15. The Kier molecular flexibility index (Phi) is 5.12. The summed E-state index contributed by atoms with van der Waals surface area (Å²) in [5.74, 6) is 0.964. The second kappa shape index (κ2) is 7.87. The van der Waals surface area contributed by atoms with Gasteiger partial charge in [0.05, 0.1) is 14.2 Å². The summed E-state index contributed by atoms with van der Waals surface area (Å²) in [5, 5.41) is 0. The van der Waals surface area contributed by atoms with E-state index in [1.54, 1.807) is 32.4 Å². The highest BCUT2D eigenvalue weighted by Crippen LogP contribution is 2.36. The van der Waals surface area contributed by atoms with Crippen LogP contribution >= 0.6 is 0 Å². The number of Topliss-reactive ketones (excluding diaryl/α,β-unsaturated/α-hetero) is 1. The molecule has 0 bridgehead atoms. The first kappa shape index (κ1) is 18.9. The summed E-state index contributed by atoms with van der Waals surface area (Å²) in [5.41, 5.74) is 4.33. The number of ketones is 1. The third-order valence-corrected chi connectivity index (χ3v) is 5.06. The molecule has 2 aromatic carbocycles. The van der Waals surface area contributed by atoms with Crippen LogP contribution < -0.4 is 14.0 Å². The van der Waals surface area contributed by atoms with E-state index in [0.29, 0.717) is 30.0 Å². The van der Waals surface area contributed by atoms with Crippen LogP contribution in [0.4, 0.5) is 4.39 Å². The van der Waals surface area contributed by atoms with Crippen LogP contribution in [-0.4, -0.2) is 20.0 Å². The lowest BCUT2D eigenvalue weighted by atomic mass is 10.1. The number of methoxy groups -OCH3 is 2. The summed E-state index contributed by atoms with van der Waals surface area (Å²) in [4.78, 5) is 12.8. The molecule has 1 heterocycles. The van der Waals surface area contributed by atoms with Crippen molar-refractivity contribution in [2.45, 2.75) is 13.0 Å². The van der Waals surface area contributed by atoms with Gasteiger partial charge in [0, 0.05) is 35.3 Å². The molecular formula is C24H21FNO3+. The second-order valence-electron chi connectivity index (χ2n) is 6.97. The number of carbonyl (C=O) groups is 1. The highest BCUT2D eigenvalue weighted by Gasteiger charge is 2.27. The van der Waals surface area contributed by atoms with Gasteiger partial charge in [-0.15, -0.1) is 0 Å². The van der Waals surface area contributed by atoms with E-state index in [1.165, 1.54) is 12.1 Å². The third kappa shape index (κ3) is 3.90. The standard InChI is InChI=1S/C24H21FNO3/c1-28-22-13-18-12-19(24(27)21(18)14-23(22)29-2)11-16-7-9-26(10-8-16)15-17-3-5-20(25)6-4-17/h3-11,13-14H,12,15H2,1-2H3/q+1. The van der Waals surface area contributed by atoms with Gasteiger partial charge in [0.15, 0.2) is 36.2 Å². The normalized spacial score (nSPS) is 14.2. The second-order valence-corrected chi connectivity index (χ2v) is 6.97. The molecule has 0 atom stereocenters. The quantitative estimate of drug-likeness (QED) is 0.488. The van der Waals surface area contributed by atoms with Crippen LogP contribution in [0.3, 0.4) is 0 Å². The molecule has 1 aliphatic rings. The van der Waals surface area contributed by atoms with E-state index in [9.17, 15) is 9.18 Å². The van der Waals surface area contributed by atoms with Crippen LogP contribution in [0.2, 0.25) is 0 Å². The molecule has 0 unspecified atom stereocenters. The Balaban J connectivity index is 1.53. The lowest BCUT2D eigenvalue weighted by Gasteiger charge is -2.08. The monoisotopic (exact) mass is 390 g/mol. The van der Waals surface area contributed by atoms with Crippen LogP contribution in [0, 0.1) is 5.82 Å². The summed E-state index contributed by atoms with van der Waals surface area (Å²) in [6, 6.07) is 14.0. The number of carbonyl (C=O) groups excluding carboxylic acids is 1. The van der Waals surface area contributed by atoms with Crippen molar-refractivity contribution in [1.82, 2.24) is 0 Å². The smallest absolute Gasteiger partial charge is 0.189 e. The Labute approximate surface area is 168 Å². The van der Waals surface area contributed by atoms with Gasteiger partial charge in [0.25, 0.3) is 0 Å². The molecule has 0 spiro atoms. The number of halogens is 1. The van der Waals surface area contributed by atoms with Gasteiger partial charge in [-0.25, -0.2) is 8.96 Å². The number of benzene rings is 2. The first-order valence-corrected chi connectivity index (χ1v) is 9.31. The molecule has 4 rings (SSSR count). The molecule has 0 amide bonds. The van der Waals surface area contributed by atoms with Crippen molar-refractivity contribution in [2.24, 2.45) is 0 Å². The van der Waals surface area contributed by atoms with E-state index in [2.05, 4.69) is 0 Å². The summed E-state index contributed by atoms with van der Waals surface area (Å²) >= 11 is 0. The lowest BCUT2D eigenvalue weighted by Crippen LogP contribution is -2.33. The van der Waals surface area contributed by atoms with Crippen LogP contribution in [-0.2, 0) is 13.0 Å². The number of aromatic nitrogens is 1. The van der Waals surface area contributed by atoms with E-state index in [-0.39, 0.29) is 11.6 Å². The molecule has 0 fully saturated rings. The first-order valence-electron chi connectivity index (χ1n) is 9.31. The molecule has 0 saturated carbocycles. The van der Waals surface area contributed by atoms with Gasteiger partial charge in [-0.3, -0.25) is 4.79 Å². The molecule has 0 N–H and O–H groups in total. The number of hydrogen-bond donors (Lipinski definition) is 0. The number of nitrogens with zero attached hydrogens (tertiary/aromatic N) is 1. The average Bonchev–Trinajstić information content (AvgIpc) is 3.04. The fraction of sp³-hybridized carbons (Fsp3) is 0.167. The minimum atomic E-state index is -0.238. The molecule has 29 heavy (non-hydrogen) atoms. The largest absolute Gasteiger partial charge is 0.493 e. The maximum Gasteiger partial charge on any atom is 0.189 e. The maximum atomic E-state index is 13.0. The SMILES string of the molecule is COc1cc2c(cc1OC)C(=O)C(=Cc1cc[n+](Cc3ccc(F)cc3)cc1)C2. The fourth-order valence-corrected chi connectivity index (χ4v) is 3.53. The first-order chi connectivity index (χ1) is 14.1. The Bertz CT molecular complexity index is 1090. The van der Waals surface area contributed by atoms with Crippen LogP contribution in [0.15, 0.2) is 66.5 Å². The van der Waals surface area contributed by atoms with Gasteiger partial charge in [-0.1, -0.05) is 0 Å². The summed E-state index contributed by atoms with van der Waals surface area (Å²) in [6.07, 6.45) is 6.39. The number of allylic oxidation sites excluding steroid dienone is 1. The fourth-order valence-electron chi connectivity index (χ4n) is 3.53. The van der Waals surface area contributed by atoms with Gasteiger partial charge in [-0.05, 0) is 53.6 Å². The van der Waals surface area contributed by atoms with Crippen LogP contribution in [0.1, 0.15) is 27.0 Å². The molecule has 5 heteroatoms. The number of ether oxygens (including phenoxy) is 2. The minimum absolute atomic E-state index is 0.0176. The molecule has 3 aromatic rings. The van der Waals surface area contributed by atoms with Crippen LogP contribution in [0.25, 0.3) is 6.08 Å². The molecule has 0 radical (unpaired) electrons. The Morgan fingerprint density at radius 3 is 2.31 bits per heavy atom. The van der Waals surface area contributed by atoms with Crippen molar-refractivity contribution in [3.63, 3.8) is 0 Å². The Morgan fingerprint density at radius 1 is 1.00 bits per heavy atom. The molecule has 0 aliphatic heterocycles. The van der Waals surface area contributed by atoms with Crippen molar-refractivity contribution in [3.8, 4) is 11.5 Å². The Hall–Kier alpha value is -3.47. The molecule has 1 aromatic heterocycles. The zero-order chi connectivity index (χ0) is 20.4. The van der Waals surface area contributed by atoms with E-state index in [0.717, 1.165) is 22.3 Å². The number of rotatable bonds is 5. The van der Waals surface area contributed by atoms with E-state index in [4.69, 9.17) is 9.47 Å². The highest BCUT2D eigenvalue weighted by atomic mass is 19.1. The number of hydrogen-bond acceptors (Lipinski definition) is 3. The van der Waals surface area contributed by atoms with Crippen molar-refractivity contribution < 1.29 is 23.2 Å². The van der Waals surface area contributed by atoms with Crippen molar-refractivity contribution in [2.75, 3.05) is 14.2 Å². The van der Waals surface area contributed by atoms with Gasteiger partial charge in [0.2, 0.25) is 0 Å². The zero-order valence-electron chi connectivity index (χ0n) is 16.3. The molecule has 146 valence electrons. The molecular weight excluding hydrogens is 369 g/mol. The molecule has 1 aliphatic carbocycles. The molecule has 0 saturated heterocycles. The predicted octanol–water partition coefficient (Wildman–Crippen LogP) is 4.00. The van der Waals surface area contributed by atoms with E-state index in [1.807, 2.05) is 41.2 Å². The van der Waals surface area contributed by atoms with E-state index >= 15 is 0 Å². The van der Waals surface area contributed by atoms with Crippen molar-refractivity contribution in [1.29, 1.82) is 0 Å². The number of fused-ring (bicyclic) bond motifs is 1. The Morgan fingerprint density at radius 2 is 1.66 bits per heavy atom. The highest BCUT2D eigenvalue weighted by molar-refractivity contribution is 6.15. The van der Waals surface area contributed by atoms with Crippen LogP contribution in [0.5, 0.6) is 11.5 Å². The minimum Gasteiger partial charge on any atom is -0.493 e.